The van der Waals surface area contributed by atoms with Crippen LogP contribution in [0.2, 0.25) is 0 Å². The summed E-state index contributed by atoms with van der Waals surface area (Å²) in [7, 11) is -3.21. The Labute approximate surface area is 136 Å². The van der Waals surface area contributed by atoms with Crippen LogP contribution in [-0.2, 0) is 16.3 Å². The molecule has 0 aromatic heterocycles. The van der Waals surface area contributed by atoms with Gasteiger partial charge in [0.25, 0.3) is 0 Å². The average molecular weight is 342 g/mol. The maximum Gasteiger partial charge on any atom is 0.319 e. The van der Waals surface area contributed by atoms with E-state index in [1.54, 1.807) is 12.1 Å². The lowest BCUT2D eigenvalue weighted by molar-refractivity contribution is 0.244. The highest BCUT2D eigenvalue weighted by Crippen LogP contribution is 2.24. The van der Waals surface area contributed by atoms with Crippen LogP contribution in [-0.4, -0.2) is 32.0 Å². The third-order valence-electron chi connectivity index (χ3n) is 4.26. The minimum absolute atomic E-state index is 0.351. The van der Waals surface area contributed by atoms with E-state index in [1.165, 1.54) is 12.3 Å². The van der Waals surface area contributed by atoms with Crippen molar-refractivity contribution in [2.45, 2.75) is 50.3 Å². The summed E-state index contributed by atoms with van der Waals surface area (Å²) in [6.07, 6.45) is 4.71. The third kappa shape index (κ3) is 4.67. The highest BCUT2D eigenvalue weighted by atomic mass is 32.2. The summed E-state index contributed by atoms with van der Waals surface area (Å²) in [5.41, 5.74) is 0.935. The molecule has 0 aliphatic heterocycles. The van der Waals surface area contributed by atoms with E-state index in [4.69, 9.17) is 0 Å². The Morgan fingerprint density at radius 1 is 1.30 bits per heavy atom. The standard InChI is InChI=1S/C16H23FN2O3S/c1-3-11-8-9-12(10-13(11)17)18-16(20)19-14-6-4-5-7-15(14)23(2,21)22/h8-10,14-15H,3-7H2,1-2H3,(H2,18,19,20)/t14-,15-/m1/s1. The number of benzene rings is 1. The van der Waals surface area contributed by atoms with E-state index in [1.807, 2.05) is 6.92 Å². The summed E-state index contributed by atoms with van der Waals surface area (Å²) in [6.45, 7) is 1.85. The number of anilines is 1. The lowest BCUT2D eigenvalue weighted by atomic mass is 9.95. The summed E-state index contributed by atoms with van der Waals surface area (Å²) in [5.74, 6) is -0.364. The topological polar surface area (TPSA) is 75.3 Å². The monoisotopic (exact) mass is 342 g/mol. The molecule has 1 saturated carbocycles. The number of hydrogen-bond donors (Lipinski definition) is 2. The molecule has 23 heavy (non-hydrogen) atoms. The number of aryl methyl sites for hydroxylation is 1. The second-order valence-electron chi connectivity index (χ2n) is 6.02. The van der Waals surface area contributed by atoms with E-state index in [0.29, 0.717) is 30.5 Å². The molecule has 7 heteroatoms. The molecule has 2 N–H and O–H groups in total. The Hall–Kier alpha value is -1.63. The molecule has 128 valence electrons. The van der Waals surface area contributed by atoms with Crippen molar-refractivity contribution in [1.82, 2.24) is 5.32 Å². The number of carbonyl (C=O) groups is 1. The highest BCUT2D eigenvalue weighted by molar-refractivity contribution is 7.91. The first-order valence-electron chi connectivity index (χ1n) is 7.86. The van der Waals surface area contributed by atoms with Crippen LogP contribution in [0, 0.1) is 5.82 Å². The molecule has 1 aromatic rings. The molecule has 1 aliphatic rings. The third-order valence-corrected chi connectivity index (χ3v) is 5.92. The highest BCUT2D eigenvalue weighted by Gasteiger charge is 2.33. The SMILES string of the molecule is CCc1ccc(NC(=O)N[C@@H]2CCCC[C@H]2S(C)(=O)=O)cc1F. The largest absolute Gasteiger partial charge is 0.334 e. The smallest absolute Gasteiger partial charge is 0.319 e. The molecule has 1 fully saturated rings. The van der Waals surface area contributed by atoms with Crippen LogP contribution in [0.1, 0.15) is 38.2 Å². The van der Waals surface area contributed by atoms with Crippen molar-refractivity contribution < 1.29 is 17.6 Å². The van der Waals surface area contributed by atoms with Crippen molar-refractivity contribution >= 4 is 21.6 Å². The predicted molar refractivity (Wildman–Crippen MR) is 88.8 cm³/mol. The Morgan fingerprint density at radius 2 is 2.00 bits per heavy atom. The predicted octanol–water partition coefficient (Wildman–Crippen LogP) is 2.87. The molecule has 1 aromatic carbocycles. The molecule has 0 saturated heterocycles. The normalized spacial score (nSPS) is 21.7. The van der Waals surface area contributed by atoms with Gasteiger partial charge in [-0.25, -0.2) is 17.6 Å². The first kappa shape index (κ1) is 17.7. The van der Waals surface area contributed by atoms with Gasteiger partial charge in [-0.05, 0) is 37.0 Å². The Kier molecular flexibility index (Phi) is 5.62. The van der Waals surface area contributed by atoms with Crippen molar-refractivity contribution in [2.75, 3.05) is 11.6 Å². The number of halogens is 1. The van der Waals surface area contributed by atoms with Crippen molar-refractivity contribution in [1.29, 1.82) is 0 Å². The molecular weight excluding hydrogens is 319 g/mol. The Balaban J connectivity index is 2.02. The second-order valence-corrected chi connectivity index (χ2v) is 8.28. The fourth-order valence-electron chi connectivity index (χ4n) is 3.02. The van der Waals surface area contributed by atoms with Gasteiger partial charge in [-0.3, -0.25) is 0 Å². The zero-order valence-corrected chi connectivity index (χ0v) is 14.2. The summed E-state index contributed by atoms with van der Waals surface area (Å²) in [6, 6.07) is 3.63. The van der Waals surface area contributed by atoms with Crippen LogP contribution in [0.5, 0.6) is 0 Å². The van der Waals surface area contributed by atoms with Gasteiger partial charge in [-0.1, -0.05) is 25.8 Å². The van der Waals surface area contributed by atoms with E-state index in [-0.39, 0.29) is 5.82 Å². The minimum atomic E-state index is -3.21. The maximum atomic E-state index is 13.7. The molecular formula is C16H23FN2O3S. The van der Waals surface area contributed by atoms with Crippen LogP contribution in [0.15, 0.2) is 18.2 Å². The Bertz CT molecular complexity index is 676. The van der Waals surface area contributed by atoms with Crippen LogP contribution in [0.25, 0.3) is 0 Å². The summed E-state index contributed by atoms with van der Waals surface area (Å²) >= 11 is 0. The van der Waals surface area contributed by atoms with Gasteiger partial charge in [0, 0.05) is 18.0 Å². The fraction of sp³-hybridized carbons (Fsp3) is 0.562. The van der Waals surface area contributed by atoms with Crippen LogP contribution in [0.3, 0.4) is 0 Å². The number of urea groups is 1. The second kappa shape index (κ2) is 7.29. The van der Waals surface area contributed by atoms with E-state index >= 15 is 0 Å². The quantitative estimate of drug-likeness (QED) is 0.883. The van der Waals surface area contributed by atoms with Crippen LogP contribution >= 0.6 is 0 Å². The number of hydrogen-bond acceptors (Lipinski definition) is 3. The summed E-state index contributed by atoms with van der Waals surface area (Å²) in [5, 5.41) is 4.73. The summed E-state index contributed by atoms with van der Waals surface area (Å²) < 4.78 is 37.4. The Morgan fingerprint density at radius 3 is 2.61 bits per heavy atom. The van der Waals surface area contributed by atoms with Gasteiger partial charge in [-0.2, -0.15) is 0 Å². The van der Waals surface area contributed by atoms with E-state index in [9.17, 15) is 17.6 Å². The van der Waals surface area contributed by atoms with E-state index in [0.717, 1.165) is 12.8 Å². The van der Waals surface area contributed by atoms with Crippen molar-refractivity contribution in [2.24, 2.45) is 0 Å². The maximum absolute atomic E-state index is 13.7. The van der Waals surface area contributed by atoms with Gasteiger partial charge in [0.05, 0.1) is 5.25 Å². The molecule has 0 bridgehead atoms. The number of carbonyl (C=O) groups excluding carboxylic acids is 1. The van der Waals surface area contributed by atoms with Gasteiger partial charge < -0.3 is 10.6 Å². The van der Waals surface area contributed by atoms with Gasteiger partial charge in [0.2, 0.25) is 0 Å². The van der Waals surface area contributed by atoms with Gasteiger partial charge in [0.15, 0.2) is 9.84 Å². The molecule has 0 radical (unpaired) electrons. The van der Waals surface area contributed by atoms with Crippen molar-refractivity contribution in [3.8, 4) is 0 Å². The molecule has 0 spiro atoms. The first-order chi connectivity index (χ1) is 10.8. The van der Waals surface area contributed by atoms with Crippen LogP contribution in [0.4, 0.5) is 14.9 Å². The lowest BCUT2D eigenvalue weighted by Crippen LogP contribution is -2.49. The molecule has 2 rings (SSSR count). The van der Waals surface area contributed by atoms with Gasteiger partial charge in [-0.15, -0.1) is 0 Å². The molecule has 2 atom stereocenters. The van der Waals surface area contributed by atoms with Crippen molar-refractivity contribution in [3.05, 3.63) is 29.6 Å². The zero-order valence-electron chi connectivity index (χ0n) is 13.4. The van der Waals surface area contributed by atoms with Gasteiger partial charge >= 0.3 is 6.03 Å². The molecule has 0 unspecified atom stereocenters. The number of sulfone groups is 1. The van der Waals surface area contributed by atoms with Crippen molar-refractivity contribution in [3.63, 3.8) is 0 Å². The van der Waals surface area contributed by atoms with E-state index < -0.39 is 27.2 Å². The summed E-state index contributed by atoms with van der Waals surface area (Å²) in [4.78, 5) is 12.1. The number of rotatable bonds is 4. The average Bonchev–Trinajstić information content (AvgIpc) is 2.46. The molecule has 1 aliphatic carbocycles. The first-order valence-corrected chi connectivity index (χ1v) is 9.81. The van der Waals surface area contributed by atoms with Gasteiger partial charge in [0.1, 0.15) is 5.82 Å². The molecule has 0 heterocycles. The molecule has 5 nitrogen and oxygen atoms in total. The fourth-order valence-corrected chi connectivity index (χ4v) is 4.42. The van der Waals surface area contributed by atoms with Crippen LogP contribution < -0.4 is 10.6 Å². The minimum Gasteiger partial charge on any atom is -0.334 e. The lowest BCUT2D eigenvalue weighted by Gasteiger charge is -2.30. The number of amides is 2. The molecule has 2 amide bonds. The zero-order chi connectivity index (χ0) is 17.0. The number of nitrogens with one attached hydrogen (secondary N) is 2. The van der Waals surface area contributed by atoms with E-state index in [2.05, 4.69) is 10.6 Å².